The average Bonchev–Trinajstić information content (AvgIpc) is 3.32. The summed E-state index contributed by atoms with van der Waals surface area (Å²) in [7, 11) is -1.61. The number of aromatic nitrogens is 3. The first-order valence-corrected chi connectivity index (χ1v) is 9.19. The highest BCUT2D eigenvalue weighted by Crippen LogP contribution is 2.10. The second kappa shape index (κ2) is 8.75. The van der Waals surface area contributed by atoms with Gasteiger partial charge in [-0.25, -0.2) is 4.68 Å². The van der Waals surface area contributed by atoms with Gasteiger partial charge in [0.1, 0.15) is 0 Å². The van der Waals surface area contributed by atoms with Crippen molar-refractivity contribution >= 4 is 24.4 Å². The van der Waals surface area contributed by atoms with Crippen LogP contribution in [0.15, 0.2) is 53.4 Å². The normalized spacial score (nSPS) is 11.9. The Hall–Kier alpha value is -2.49. The number of carbonyl (C=O) groups is 1. The number of aryl methyl sites for hydroxylation is 1. The first-order valence-electron chi connectivity index (χ1n) is 8.25. The van der Waals surface area contributed by atoms with Gasteiger partial charge in [0.25, 0.3) is 0 Å². The third-order valence-electron chi connectivity index (χ3n) is 3.91. The summed E-state index contributed by atoms with van der Waals surface area (Å²) in [4.78, 5) is 12.2. The molecular weight excluding hydrogens is 351 g/mol. The molecule has 9 heteroatoms. The minimum Gasteiger partial charge on any atom is -0.426 e. The van der Waals surface area contributed by atoms with Gasteiger partial charge in [-0.2, -0.15) is 11.3 Å². The van der Waals surface area contributed by atoms with Gasteiger partial charge in [0.15, 0.2) is 0 Å². The zero-order valence-corrected chi connectivity index (χ0v) is 14.8. The number of para-hydroxylation sites is 1. The van der Waals surface area contributed by atoms with Crippen LogP contribution in [0.4, 0.5) is 0 Å². The van der Waals surface area contributed by atoms with Gasteiger partial charge in [-0.1, -0.05) is 23.4 Å². The standard InChI is InChI=1S/C17H19BN4O3S/c23-17(19-16(18(24)25)10-13-8-9-26-12-13)7-6-14-11-22(21-20-14)15-4-2-1-3-5-15/h1-5,8-9,11-12,16,24-25H,6-7,10H2,(H,19,23). The van der Waals surface area contributed by atoms with E-state index < -0.39 is 13.1 Å². The molecule has 3 N–H and O–H groups in total. The third kappa shape index (κ3) is 5.01. The Labute approximate surface area is 155 Å². The van der Waals surface area contributed by atoms with Gasteiger partial charge in [0.2, 0.25) is 5.91 Å². The Bertz CT molecular complexity index is 824. The summed E-state index contributed by atoms with van der Waals surface area (Å²) in [5.41, 5.74) is 2.55. The lowest BCUT2D eigenvalue weighted by atomic mass is 9.76. The number of nitrogens with zero attached hydrogens (tertiary/aromatic N) is 3. The van der Waals surface area contributed by atoms with Gasteiger partial charge >= 0.3 is 7.12 Å². The van der Waals surface area contributed by atoms with Gasteiger partial charge in [0.05, 0.1) is 23.5 Å². The molecule has 3 rings (SSSR count). The highest BCUT2D eigenvalue weighted by molar-refractivity contribution is 7.07. The van der Waals surface area contributed by atoms with Crippen LogP contribution in [-0.4, -0.2) is 44.0 Å². The number of benzene rings is 1. The molecule has 0 saturated heterocycles. The lowest BCUT2D eigenvalue weighted by molar-refractivity contribution is -0.121. The quantitative estimate of drug-likeness (QED) is 0.514. The van der Waals surface area contributed by atoms with Gasteiger partial charge in [-0.3, -0.25) is 4.79 Å². The van der Waals surface area contributed by atoms with E-state index in [-0.39, 0.29) is 12.3 Å². The van der Waals surface area contributed by atoms with Gasteiger partial charge in [-0.15, -0.1) is 5.10 Å². The van der Waals surface area contributed by atoms with E-state index in [1.807, 2.05) is 47.2 Å². The molecule has 0 aliphatic heterocycles. The lowest BCUT2D eigenvalue weighted by Gasteiger charge is -2.17. The van der Waals surface area contributed by atoms with E-state index in [1.54, 1.807) is 10.9 Å². The van der Waals surface area contributed by atoms with E-state index in [4.69, 9.17) is 0 Å². The molecule has 1 amide bonds. The van der Waals surface area contributed by atoms with Gasteiger partial charge in [-0.05, 0) is 40.9 Å². The summed E-state index contributed by atoms with van der Waals surface area (Å²) < 4.78 is 1.66. The number of hydrogen-bond donors (Lipinski definition) is 3. The van der Waals surface area contributed by atoms with Crippen molar-refractivity contribution in [3.05, 3.63) is 64.6 Å². The molecule has 1 unspecified atom stereocenters. The fourth-order valence-electron chi connectivity index (χ4n) is 2.53. The van der Waals surface area contributed by atoms with E-state index in [2.05, 4.69) is 15.6 Å². The van der Waals surface area contributed by atoms with Crippen molar-refractivity contribution in [3.8, 4) is 5.69 Å². The topological polar surface area (TPSA) is 100 Å². The maximum Gasteiger partial charge on any atom is 0.475 e. The fraction of sp³-hybridized carbons (Fsp3) is 0.235. The van der Waals surface area contributed by atoms with Crippen molar-refractivity contribution in [1.29, 1.82) is 0 Å². The van der Waals surface area contributed by atoms with Crippen LogP contribution in [0.25, 0.3) is 5.69 Å². The second-order valence-corrected chi connectivity index (χ2v) is 6.69. The van der Waals surface area contributed by atoms with Crippen LogP contribution < -0.4 is 5.32 Å². The van der Waals surface area contributed by atoms with Gasteiger partial charge in [0, 0.05) is 12.8 Å². The largest absolute Gasteiger partial charge is 0.475 e. The van der Waals surface area contributed by atoms with E-state index in [0.717, 1.165) is 11.3 Å². The molecule has 0 radical (unpaired) electrons. The zero-order valence-electron chi connectivity index (χ0n) is 14.0. The van der Waals surface area contributed by atoms with Crippen molar-refractivity contribution in [2.24, 2.45) is 0 Å². The van der Waals surface area contributed by atoms with Crippen molar-refractivity contribution in [2.45, 2.75) is 25.2 Å². The Morgan fingerprint density at radius 2 is 2.08 bits per heavy atom. The zero-order chi connectivity index (χ0) is 18.4. The first kappa shape index (κ1) is 18.3. The van der Waals surface area contributed by atoms with Crippen LogP contribution in [0, 0.1) is 0 Å². The minimum atomic E-state index is -1.61. The lowest BCUT2D eigenvalue weighted by Crippen LogP contribution is -2.47. The molecule has 0 aliphatic rings. The molecule has 0 aliphatic carbocycles. The summed E-state index contributed by atoms with van der Waals surface area (Å²) in [5, 5.41) is 33.6. The van der Waals surface area contributed by atoms with Crippen LogP contribution >= 0.6 is 11.3 Å². The SMILES string of the molecule is O=C(CCc1cn(-c2ccccc2)nn1)NC(Cc1ccsc1)B(O)O. The molecule has 7 nitrogen and oxygen atoms in total. The van der Waals surface area contributed by atoms with E-state index in [0.29, 0.717) is 18.5 Å². The molecule has 0 fully saturated rings. The summed E-state index contributed by atoms with van der Waals surface area (Å²) in [6.07, 6.45) is 2.77. The highest BCUT2D eigenvalue weighted by atomic mass is 32.1. The summed E-state index contributed by atoms with van der Waals surface area (Å²) >= 11 is 1.53. The average molecular weight is 370 g/mol. The van der Waals surface area contributed by atoms with E-state index in [9.17, 15) is 14.8 Å². The smallest absolute Gasteiger partial charge is 0.426 e. The van der Waals surface area contributed by atoms with Crippen molar-refractivity contribution < 1.29 is 14.8 Å². The molecule has 0 bridgehead atoms. The van der Waals surface area contributed by atoms with Crippen molar-refractivity contribution in [1.82, 2.24) is 20.3 Å². The second-order valence-electron chi connectivity index (χ2n) is 5.91. The summed E-state index contributed by atoms with van der Waals surface area (Å²) in [6.45, 7) is 0. The molecule has 26 heavy (non-hydrogen) atoms. The summed E-state index contributed by atoms with van der Waals surface area (Å²) in [5.74, 6) is -0.996. The van der Waals surface area contributed by atoms with Crippen LogP contribution in [0.2, 0.25) is 0 Å². The van der Waals surface area contributed by atoms with Crippen LogP contribution in [0.1, 0.15) is 17.7 Å². The molecule has 1 aromatic carbocycles. The molecule has 2 aromatic heterocycles. The number of hydrogen-bond acceptors (Lipinski definition) is 6. The maximum atomic E-state index is 12.2. The molecule has 0 saturated carbocycles. The molecule has 1 atom stereocenters. The monoisotopic (exact) mass is 370 g/mol. The predicted molar refractivity (Wildman–Crippen MR) is 99.8 cm³/mol. The van der Waals surface area contributed by atoms with Crippen LogP contribution in [-0.2, 0) is 17.6 Å². The molecule has 134 valence electrons. The Morgan fingerprint density at radius 1 is 1.27 bits per heavy atom. The van der Waals surface area contributed by atoms with Crippen molar-refractivity contribution in [2.75, 3.05) is 0 Å². The third-order valence-corrected chi connectivity index (χ3v) is 4.64. The number of thiophene rings is 1. The number of rotatable bonds is 8. The Balaban J connectivity index is 1.52. The Morgan fingerprint density at radius 3 is 2.77 bits per heavy atom. The molecule has 0 spiro atoms. The summed E-state index contributed by atoms with van der Waals surface area (Å²) in [6, 6.07) is 11.5. The number of amides is 1. The molecule has 3 aromatic rings. The fourth-order valence-corrected chi connectivity index (χ4v) is 3.22. The van der Waals surface area contributed by atoms with Crippen LogP contribution in [0.3, 0.4) is 0 Å². The first-order chi connectivity index (χ1) is 12.6. The molecular formula is C17H19BN4O3S. The molecule has 2 heterocycles. The maximum absolute atomic E-state index is 12.2. The number of nitrogens with one attached hydrogen (secondary N) is 1. The van der Waals surface area contributed by atoms with Crippen molar-refractivity contribution in [3.63, 3.8) is 0 Å². The highest BCUT2D eigenvalue weighted by Gasteiger charge is 2.25. The van der Waals surface area contributed by atoms with E-state index >= 15 is 0 Å². The van der Waals surface area contributed by atoms with Gasteiger partial charge < -0.3 is 15.4 Å². The predicted octanol–water partition coefficient (Wildman–Crippen LogP) is 1.00. The minimum absolute atomic E-state index is 0.195. The Kier molecular flexibility index (Phi) is 6.16. The van der Waals surface area contributed by atoms with Crippen LogP contribution in [0.5, 0.6) is 0 Å². The van der Waals surface area contributed by atoms with E-state index in [1.165, 1.54) is 11.3 Å². The number of carbonyl (C=O) groups excluding carboxylic acids is 1.